The first-order valence-corrected chi connectivity index (χ1v) is 4.95. The Labute approximate surface area is 81.4 Å². The van der Waals surface area contributed by atoms with Gasteiger partial charge in [-0.05, 0) is 26.7 Å². The predicted molar refractivity (Wildman–Crippen MR) is 59.6 cm³/mol. The molecule has 0 bridgehead atoms. The molecule has 0 aliphatic heterocycles. The van der Waals surface area contributed by atoms with E-state index in [9.17, 15) is 0 Å². The number of nitrogens with one attached hydrogen (secondary N) is 1. The van der Waals surface area contributed by atoms with Crippen molar-refractivity contribution in [1.82, 2.24) is 5.32 Å². The van der Waals surface area contributed by atoms with Gasteiger partial charge in [0.1, 0.15) is 6.34 Å². The van der Waals surface area contributed by atoms with Crippen molar-refractivity contribution < 1.29 is 0 Å². The molecule has 1 unspecified atom stereocenters. The summed E-state index contributed by atoms with van der Waals surface area (Å²) in [6.45, 7) is 9.06. The number of rotatable bonds is 6. The molecule has 13 heavy (non-hydrogen) atoms. The smallest absolute Gasteiger partial charge is 0.111 e. The van der Waals surface area contributed by atoms with Crippen LogP contribution < -0.4 is 5.32 Å². The zero-order valence-electron chi connectivity index (χ0n) is 9.17. The topological polar surface area (TPSA) is 36.8 Å². The van der Waals surface area contributed by atoms with E-state index < -0.39 is 0 Å². The highest BCUT2D eigenvalue weighted by molar-refractivity contribution is 5.88. The summed E-state index contributed by atoms with van der Waals surface area (Å²) in [5.41, 5.74) is 1.12. The zero-order chi connectivity index (χ0) is 10.1. The van der Waals surface area contributed by atoms with Crippen LogP contribution in [0.15, 0.2) is 9.98 Å². The van der Waals surface area contributed by atoms with Crippen LogP contribution in [0, 0.1) is 0 Å². The normalized spacial score (nSPS) is 15.2. The monoisotopic (exact) mass is 183 g/mol. The second kappa shape index (κ2) is 7.92. The molecule has 0 spiro atoms. The fraction of sp³-hybridized carbons (Fsp3) is 0.800. The highest BCUT2D eigenvalue weighted by Crippen LogP contribution is 1.86. The van der Waals surface area contributed by atoms with Crippen LogP contribution in [-0.4, -0.2) is 24.8 Å². The van der Waals surface area contributed by atoms with E-state index in [1.54, 1.807) is 6.34 Å². The van der Waals surface area contributed by atoms with E-state index in [-0.39, 0.29) is 0 Å². The molecule has 3 nitrogen and oxygen atoms in total. The van der Waals surface area contributed by atoms with Crippen LogP contribution in [-0.2, 0) is 0 Å². The molecule has 0 radical (unpaired) electrons. The Bertz CT molecular complexity index is 173. The lowest BCUT2D eigenvalue weighted by Gasteiger charge is -2.06. The molecule has 0 saturated carbocycles. The molecule has 1 atom stereocenters. The molecule has 0 amide bonds. The van der Waals surface area contributed by atoms with Crippen LogP contribution in [0.2, 0.25) is 0 Å². The van der Waals surface area contributed by atoms with Crippen molar-refractivity contribution in [1.29, 1.82) is 0 Å². The fourth-order valence-corrected chi connectivity index (χ4v) is 0.624. The average molecular weight is 183 g/mol. The second-order valence-corrected chi connectivity index (χ2v) is 3.19. The van der Waals surface area contributed by atoms with Gasteiger partial charge in [-0.1, -0.05) is 13.8 Å². The number of aliphatic imine (C=N–C) groups is 2. The lowest BCUT2D eigenvalue weighted by Crippen LogP contribution is -2.25. The van der Waals surface area contributed by atoms with Gasteiger partial charge in [0.25, 0.3) is 0 Å². The molecule has 0 heterocycles. The highest BCUT2D eigenvalue weighted by Gasteiger charge is 1.92. The van der Waals surface area contributed by atoms with E-state index in [1.165, 1.54) is 0 Å². The van der Waals surface area contributed by atoms with Gasteiger partial charge in [-0.3, -0.25) is 10.3 Å². The van der Waals surface area contributed by atoms with Crippen molar-refractivity contribution >= 4 is 12.1 Å². The molecule has 0 aromatic carbocycles. The molecule has 76 valence electrons. The van der Waals surface area contributed by atoms with Crippen molar-refractivity contribution in [3.05, 3.63) is 0 Å². The van der Waals surface area contributed by atoms with Crippen LogP contribution in [0.1, 0.15) is 40.5 Å². The minimum absolute atomic E-state index is 0.536. The summed E-state index contributed by atoms with van der Waals surface area (Å²) < 4.78 is 0. The van der Waals surface area contributed by atoms with Gasteiger partial charge < -0.3 is 0 Å². The van der Waals surface area contributed by atoms with Gasteiger partial charge >= 0.3 is 0 Å². The lowest BCUT2D eigenvalue weighted by molar-refractivity contribution is 0.547. The molecule has 0 aromatic heterocycles. The van der Waals surface area contributed by atoms with Gasteiger partial charge in [-0.2, -0.15) is 0 Å². The minimum atomic E-state index is 0.536. The molecule has 0 aliphatic carbocycles. The first kappa shape index (κ1) is 12.3. The van der Waals surface area contributed by atoms with Crippen molar-refractivity contribution in [3.8, 4) is 0 Å². The second-order valence-electron chi connectivity index (χ2n) is 3.19. The Kier molecular flexibility index (Phi) is 7.50. The van der Waals surface area contributed by atoms with Gasteiger partial charge in [0, 0.05) is 11.8 Å². The van der Waals surface area contributed by atoms with Crippen molar-refractivity contribution in [2.45, 2.75) is 46.6 Å². The van der Waals surface area contributed by atoms with Gasteiger partial charge in [-0.15, -0.1) is 0 Å². The molecule has 3 heteroatoms. The average Bonchev–Trinajstić information content (AvgIpc) is 2.16. The lowest BCUT2D eigenvalue weighted by atomic mass is 10.3. The Morgan fingerprint density at radius 1 is 1.46 bits per heavy atom. The maximum atomic E-state index is 4.15. The largest absolute Gasteiger partial charge is 0.296 e. The van der Waals surface area contributed by atoms with Crippen molar-refractivity contribution in [2.75, 3.05) is 6.67 Å². The summed E-state index contributed by atoms with van der Waals surface area (Å²) in [6.07, 6.45) is 3.76. The molecule has 0 aliphatic rings. The third-order valence-corrected chi connectivity index (χ3v) is 2.01. The minimum Gasteiger partial charge on any atom is -0.296 e. The van der Waals surface area contributed by atoms with Crippen molar-refractivity contribution in [2.24, 2.45) is 9.98 Å². The Balaban J connectivity index is 3.52. The zero-order valence-corrected chi connectivity index (χ0v) is 9.17. The Morgan fingerprint density at radius 3 is 2.69 bits per heavy atom. The summed E-state index contributed by atoms with van der Waals surface area (Å²) in [5.74, 6) is 0. The SMILES string of the molecule is CC/C(C)=N\C=N/CNC(C)CC. The van der Waals surface area contributed by atoms with E-state index >= 15 is 0 Å². The van der Waals surface area contributed by atoms with E-state index in [2.05, 4.69) is 36.1 Å². The fourth-order valence-electron chi connectivity index (χ4n) is 0.624. The number of hydrogen-bond donors (Lipinski definition) is 1. The van der Waals surface area contributed by atoms with Crippen LogP contribution in [0.3, 0.4) is 0 Å². The first-order chi connectivity index (χ1) is 6.20. The van der Waals surface area contributed by atoms with E-state index in [4.69, 9.17) is 0 Å². The maximum Gasteiger partial charge on any atom is 0.111 e. The van der Waals surface area contributed by atoms with Gasteiger partial charge in [-0.25, -0.2) is 4.99 Å². The van der Waals surface area contributed by atoms with E-state index in [0.717, 1.165) is 18.6 Å². The molecule has 0 rings (SSSR count). The third-order valence-electron chi connectivity index (χ3n) is 2.01. The third kappa shape index (κ3) is 7.65. The number of nitrogens with zero attached hydrogens (tertiary/aromatic N) is 2. The van der Waals surface area contributed by atoms with Gasteiger partial charge in [0.2, 0.25) is 0 Å². The molecule has 1 N–H and O–H groups in total. The molecule has 0 saturated heterocycles. The Hall–Kier alpha value is -0.700. The van der Waals surface area contributed by atoms with Gasteiger partial charge in [0.05, 0.1) is 6.67 Å². The van der Waals surface area contributed by atoms with E-state index in [0.29, 0.717) is 12.7 Å². The van der Waals surface area contributed by atoms with Crippen LogP contribution in [0.4, 0.5) is 0 Å². The van der Waals surface area contributed by atoms with Crippen LogP contribution >= 0.6 is 0 Å². The van der Waals surface area contributed by atoms with Crippen LogP contribution in [0.25, 0.3) is 0 Å². The molecular formula is C10H21N3. The summed E-state index contributed by atoms with van der Waals surface area (Å²) in [5, 5.41) is 3.26. The summed E-state index contributed by atoms with van der Waals surface area (Å²) in [4.78, 5) is 8.27. The van der Waals surface area contributed by atoms with Gasteiger partial charge in [0.15, 0.2) is 0 Å². The molecular weight excluding hydrogens is 162 g/mol. The van der Waals surface area contributed by atoms with Crippen LogP contribution in [0.5, 0.6) is 0 Å². The first-order valence-electron chi connectivity index (χ1n) is 4.95. The maximum absolute atomic E-state index is 4.15. The van der Waals surface area contributed by atoms with E-state index in [1.807, 2.05) is 6.92 Å². The standard InChI is InChI=1S/C10H21N3/c1-5-9(3)12-7-11-8-13-10(4)6-2/h7,10,13H,5-6,8H2,1-4H3/b11-7-,12-9-. The Morgan fingerprint density at radius 2 is 2.15 bits per heavy atom. The molecule has 0 aromatic rings. The summed E-state index contributed by atoms with van der Waals surface area (Å²) in [7, 11) is 0. The summed E-state index contributed by atoms with van der Waals surface area (Å²) in [6, 6.07) is 0.536. The quantitative estimate of drug-likeness (QED) is 0.497. The predicted octanol–water partition coefficient (Wildman–Crippen LogP) is 2.23. The van der Waals surface area contributed by atoms with Crippen molar-refractivity contribution in [3.63, 3.8) is 0 Å². The highest BCUT2D eigenvalue weighted by atomic mass is 15.0. The molecule has 0 fully saturated rings. The number of hydrogen-bond acceptors (Lipinski definition) is 2. The summed E-state index contributed by atoms with van der Waals surface area (Å²) >= 11 is 0.